The summed E-state index contributed by atoms with van der Waals surface area (Å²) in [5, 5.41) is 3.19. The van der Waals surface area contributed by atoms with Gasteiger partial charge in [0.15, 0.2) is 5.13 Å². The van der Waals surface area contributed by atoms with Crippen LogP contribution in [0.4, 0.5) is 5.13 Å². The molecule has 5 heteroatoms. The first kappa shape index (κ1) is 15.3. The monoisotopic (exact) mass is 296 g/mol. The predicted octanol–water partition coefficient (Wildman–Crippen LogP) is 3.27. The van der Waals surface area contributed by atoms with Gasteiger partial charge in [0.25, 0.3) is 0 Å². The van der Waals surface area contributed by atoms with Crippen LogP contribution < -0.4 is 4.90 Å². The second-order valence-corrected chi connectivity index (χ2v) is 6.13. The molecule has 1 fully saturated rings. The number of piperidine rings is 1. The number of anilines is 1. The zero-order valence-corrected chi connectivity index (χ0v) is 13.2. The Balaban J connectivity index is 1.86. The Morgan fingerprint density at radius 1 is 1.55 bits per heavy atom. The number of aryl methyl sites for hydroxylation is 1. The van der Waals surface area contributed by atoms with Crippen molar-refractivity contribution in [2.75, 3.05) is 24.6 Å². The molecule has 0 spiro atoms. The molecule has 112 valence electrons. The number of aromatic nitrogens is 1. The number of ether oxygens (including phenoxy) is 1. The van der Waals surface area contributed by atoms with E-state index in [0.29, 0.717) is 19.4 Å². The van der Waals surface area contributed by atoms with Crippen LogP contribution in [0.1, 0.15) is 45.2 Å². The Morgan fingerprint density at radius 3 is 3.15 bits per heavy atom. The van der Waals surface area contributed by atoms with Gasteiger partial charge in [-0.05, 0) is 25.7 Å². The number of hydrogen-bond acceptors (Lipinski definition) is 5. The normalized spacial score (nSPS) is 19.1. The lowest BCUT2D eigenvalue weighted by atomic mass is 9.96. The third-order valence-electron chi connectivity index (χ3n) is 3.80. The predicted molar refractivity (Wildman–Crippen MR) is 82.3 cm³/mol. The fraction of sp³-hybridized carbons (Fsp3) is 0.733. The first-order valence-corrected chi connectivity index (χ1v) is 8.45. The fourth-order valence-electron chi connectivity index (χ4n) is 2.59. The molecule has 0 bridgehead atoms. The van der Waals surface area contributed by atoms with Gasteiger partial charge in [0.2, 0.25) is 0 Å². The SMILES string of the molecule is CCOC(=O)CCc1csc(N2CCCC(CC)C2)n1. The first-order valence-electron chi connectivity index (χ1n) is 7.57. The van der Waals surface area contributed by atoms with Crippen molar-refractivity contribution >= 4 is 22.4 Å². The molecule has 0 radical (unpaired) electrons. The van der Waals surface area contributed by atoms with Crippen molar-refractivity contribution in [2.45, 2.75) is 46.0 Å². The number of carbonyl (C=O) groups excluding carboxylic acids is 1. The van der Waals surface area contributed by atoms with Crippen molar-refractivity contribution in [3.8, 4) is 0 Å². The summed E-state index contributed by atoms with van der Waals surface area (Å²) in [6.45, 7) is 6.79. The highest BCUT2D eigenvalue weighted by Crippen LogP contribution is 2.27. The fourth-order valence-corrected chi connectivity index (χ4v) is 3.49. The number of hydrogen-bond donors (Lipinski definition) is 0. The van der Waals surface area contributed by atoms with E-state index in [0.717, 1.165) is 29.8 Å². The van der Waals surface area contributed by atoms with E-state index in [4.69, 9.17) is 4.74 Å². The van der Waals surface area contributed by atoms with Gasteiger partial charge in [-0.15, -0.1) is 11.3 Å². The van der Waals surface area contributed by atoms with Crippen molar-refractivity contribution in [1.82, 2.24) is 4.98 Å². The molecule has 1 aromatic heterocycles. The molecule has 20 heavy (non-hydrogen) atoms. The molecule has 1 unspecified atom stereocenters. The zero-order valence-electron chi connectivity index (χ0n) is 12.4. The van der Waals surface area contributed by atoms with Crippen molar-refractivity contribution in [3.05, 3.63) is 11.1 Å². The molecule has 0 amide bonds. The number of thiazole rings is 1. The smallest absolute Gasteiger partial charge is 0.306 e. The molecule has 0 saturated carbocycles. The van der Waals surface area contributed by atoms with E-state index in [1.54, 1.807) is 11.3 Å². The molecule has 2 heterocycles. The molecular formula is C15H24N2O2S. The molecule has 0 N–H and O–H groups in total. The largest absolute Gasteiger partial charge is 0.466 e. The molecule has 0 aliphatic carbocycles. The number of carbonyl (C=O) groups is 1. The van der Waals surface area contributed by atoms with Crippen LogP contribution in [-0.4, -0.2) is 30.6 Å². The third-order valence-corrected chi connectivity index (χ3v) is 4.75. The molecule has 0 aromatic carbocycles. The van der Waals surface area contributed by atoms with Crippen LogP contribution in [0.15, 0.2) is 5.38 Å². The molecule has 1 aliphatic heterocycles. The molecule has 1 aromatic rings. The summed E-state index contributed by atoms with van der Waals surface area (Å²) in [5.74, 6) is 0.668. The van der Waals surface area contributed by atoms with Gasteiger partial charge in [0.1, 0.15) is 0 Å². The van der Waals surface area contributed by atoms with Gasteiger partial charge in [-0.25, -0.2) is 4.98 Å². The highest BCUT2D eigenvalue weighted by Gasteiger charge is 2.20. The highest BCUT2D eigenvalue weighted by atomic mass is 32.1. The Kier molecular flexibility index (Phi) is 5.83. The van der Waals surface area contributed by atoms with Crippen molar-refractivity contribution in [1.29, 1.82) is 0 Å². The van der Waals surface area contributed by atoms with E-state index in [2.05, 4.69) is 22.2 Å². The van der Waals surface area contributed by atoms with Crippen molar-refractivity contribution in [2.24, 2.45) is 5.92 Å². The molecule has 2 rings (SSSR count). The lowest BCUT2D eigenvalue weighted by Gasteiger charge is -2.31. The van der Waals surface area contributed by atoms with Crippen LogP contribution in [0.3, 0.4) is 0 Å². The Labute approximate surface area is 125 Å². The summed E-state index contributed by atoms with van der Waals surface area (Å²) in [7, 11) is 0. The van der Waals surface area contributed by atoms with Crippen LogP contribution in [0, 0.1) is 5.92 Å². The molecule has 1 atom stereocenters. The minimum absolute atomic E-state index is 0.133. The summed E-state index contributed by atoms with van der Waals surface area (Å²) in [6.07, 6.45) is 4.96. The molecule has 1 saturated heterocycles. The van der Waals surface area contributed by atoms with E-state index < -0.39 is 0 Å². The molecule has 4 nitrogen and oxygen atoms in total. The number of nitrogens with zero attached hydrogens (tertiary/aromatic N) is 2. The minimum atomic E-state index is -0.133. The van der Waals surface area contributed by atoms with Crippen LogP contribution in [-0.2, 0) is 16.0 Å². The van der Waals surface area contributed by atoms with Gasteiger partial charge in [-0.1, -0.05) is 13.3 Å². The highest BCUT2D eigenvalue weighted by molar-refractivity contribution is 7.13. The van der Waals surface area contributed by atoms with E-state index >= 15 is 0 Å². The van der Waals surface area contributed by atoms with Crippen LogP contribution in [0.2, 0.25) is 0 Å². The van der Waals surface area contributed by atoms with E-state index in [1.165, 1.54) is 19.3 Å². The standard InChI is InChI=1S/C15H24N2O2S/c1-3-12-6-5-9-17(10-12)15-16-13(11-20-15)7-8-14(18)19-4-2/h11-12H,3-10H2,1-2H3. The number of rotatable bonds is 6. The van der Waals surface area contributed by atoms with Crippen molar-refractivity contribution in [3.63, 3.8) is 0 Å². The lowest BCUT2D eigenvalue weighted by Crippen LogP contribution is -2.35. The summed E-state index contributed by atoms with van der Waals surface area (Å²) in [5.41, 5.74) is 1.01. The lowest BCUT2D eigenvalue weighted by molar-refractivity contribution is -0.143. The van der Waals surface area contributed by atoms with E-state index in [-0.39, 0.29) is 5.97 Å². The molecule has 1 aliphatic rings. The first-order chi connectivity index (χ1) is 9.72. The maximum atomic E-state index is 11.3. The summed E-state index contributed by atoms with van der Waals surface area (Å²) in [6, 6.07) is 0. The number of esters is 1. The Morgan fingerprint density at radius 2 is 2.40 bits per heavy atom. The average molecular weight is 296 g/mol. The van der Waals surface area contributed by atoms with Gasteiger partial charge in [0, 0.05) is 24.9 Å². The van der Waals surface area contributed by atoms with E-state index in [9.17, 15) is 4.79 Å². The van der Waals surface area contributed by atoms with Crippen LogP contribution in [0.25, 0.3) is 0 Å². The van der Waals surface area contributed by atoms with Gasteiger partial charge in [-0.2, -0.15) is 0 Å². The maximum absolute atomic E-state index is 11.3. The Hall–Kier alpha value is -1.10. The minimum Gasteiger partial charge on any atom is -0.466 e. The third kappa shape index (κ3) is 4.20. The molecular weight excluding hydrogens is 272 g/mol. The maximum Gasteiger partial charge on any atom is 0.306 e. The zero-order chi connectivity index (χ0) is 14.4. The van der Waals surface area contributed by atoms with E-state index in [1.807, 2.05) is 6.92 Å². The van der Waals surface area contributed by atoms with Gasteiger partial charge >= 0.3 is 5.97 Å². The van der Waals surface area contributed by atoms with Gasteiger partial charge < -0.3 is 9.64 Å². The van der Waals surface area contributed by atoms with Crippen molar-refractivity contribution < 1.29 is 9.53 Å². The van der Waals surface area contributed by atoms with Crippen LogP contribution >= 0.6 is 11.3 Å². The quantitative estimate of drug-likeness (QED) is 0.756. The topological polar surface area (TPSA) is 42.4 Å². The second-order valence-electron chi connectivity index (χ2n) is 5.29. The average Bonchev–Trinajstić information content (AvgIpc) is 2.94. The summed E-state index contributed by atoms with van der Waals surface area (Å²) >= 11 is 1.70. The second kappa shape index (κ2) is 7.62. The van der Waals surface area contributed by atoms with Gasteiger partial charge in [-0.3, -0.25) is 4.79 Å². The van der Waals surface area contributed by atoms with Gasteiger partial charge in [0.05, 0.1) is 18.7 Å². The summed E-state index contributed by atoms with van der Waals surface area (Å²) < 4.78 is 4.94. The summed E-state index contributed by atoms with van der Waals surface area (Å²) in [4.78, 5) is 18.4. The van der Waals surface area contributed by atoms with Crippen LogP contribution in [0.5, 0.6) is 0 Å². The Bertz CT molecular complexity index is 433.